The van der Waals surface area contributed by atoms with Crippen LogP contribution in [-0.4, -0.2) is 24.9 Å². The van der Waals surface area contributed by atoms with E-state index in [1.54, 1.807) is 0 Å². The lowest BCUT2D eigenvalue weighted by atomic mass is 9.56. The van der Waals surface area contributed by atoms with Gasteiger partial charge in [-0.15, -0.1) is 0 Å². The molecule has 0 saturated heterocycles. The summed E-state index contributed by atoms with van der Waals surface area (Å²) in [7, 11) is 0. The summed E-state index contributed by atoms with van der Waals surface area (Å²) < 4.78 is 13.0. The Morgan fingerprint density at radius 3 is 2.14 bits per heavy atom. The Kier molecular flexibility index (Phi) is 5.10. The van der Waals surface area contributed by atoms with Crippen molar-refractivity contribution in [3.05, 3.63) is 0 Å². The Labute approximate surface area is 132 Å². The molecule has 0 amide bonds. The second kappa shape index (κ2) is 6.20. The number of rotatable bonds is 8. The Balaban J connectivity index is 2.38. The van der Waals surface area contributed by atoms with Crippen LogP contribution < -0.4 is 0 Å². The highest BCUT2D eigenvalue weighted by Crippen LogP contribution is 2.72. The summed E-state index contributed by atoms with van der Waals surface area (Å²) in [4.78, 5) is 0. The van der Waals surface area contributed by atoms with Crippen molar-refractivity contribution in [1.29, 1.82) is 0 Å². The van der Waals surface area contributed by atoms with Crippen LogP contribution in [0.3, 0.4) is 0 Å². The molecular formula is C19H36O2. The zero-order valence-corrected chi connectivity index (χ0v) is 15.1. The number of hydrogen-bond donors (Lipinski definition) is 0. The highest BCUT2D eigenvalue weighted by Gasteiger charge is 2.73. The molecule has 4 atom stereocenters. The largest absolute Gasteiger partial charge is 0.378 e. The monoisotopic (exact) mass is 296 g/mol. The lowest BCUT2D eigenvalue weighted by molar-refractivity contribution is -0.232. The Hall–Kier alpha value is -0.0800. The summed E-state index contributed by atoms with van der Waals surface area (Å²) in [5, 5.41) is 0. The van der Waals surface area contributed by atoms with Crippen molar-refractivity contribution in [2.45, 2.75) is 91.8 Å². The van der Waals surface area contributed by atoms with Gasteiger partial charge < -0.3 is 9.47 Å². The quantitative estimate of drug-likeness (QED) is 0.612. The fourth-order valence-corrected chi connectivity index (χ4v) is 5.75. The maximum Gasteiger partial charge on any atom is 0.0813 e. The van der Waals surface area contributed by atoms with Crippen LogP contribution >= 0.6 is 0 Å². The van der Waals surface area contributed by atoms with Gasteiger partial charge in [0.1, 0.15) is 0 Å². The molecule has 2 aliphatic rings. The molecule has 2 aliphatic carbocycles. The summed E-state index contributed by atoms with van der Waals surface area (Å²) in [5.74, 6) is 0.746. The van der Waals surface area contributed by atoms with E-state index in [9.17, 15) is 0 Å². The lowest BCUT2D eigenvalue weighted by Crippen LogP contribution is -2.61. The topological polar surface area (TPSA) is 18.5 Å². The summed E-state index contributed by atoms with van der Waals surface area (Å²) in [6.45, 7) is 15.8. The first kappa shape index (κ1) is 17.3. The molecule has 0 spiro atoms. The van der Waals surface area contributed by atoms with Crippen LogP contribution in [0, 0.1) is 16.7 Å². The van der Waals surface area contributed by atoms with Crippen molar-refractivity contribution in [3.63, 3.8) is 0 Å². The predicted octanol–water partition coefficient (Wildman–Crippen LogP) is 5.20. The average Bonchev–Trinajstić information content (AvgIpc) is 2.94. The van der Waals surface area contributed by atoms with E-state index in [0.717, 1.165) is 38.4 Å². The second-order valence-corrected chi connectivity index (χ2v) is 7.76. The molecule has 2 rings (SSSR count). The number of fused-ring (bicyclic) bond motifs is 2. The second-order valence-electron chi connectivity index (χ2n) is 7.76. The standard InChI is InChI=1S/C19H36O2/c1-7-11-20-16-13-15-14-18(16,9-3)19(10-4,17(15,5)6)21-12-8-2/h15-16H,7-14H2,1-6H3. The van der Waals surface area contributed by atoms with E-state index in [2.05, 4.69) is 41.5 Å². The van der Waals surface area contributed by atoms with E-state index in [0.29, 0.717) is 6.10 Å². The molecule has 0 N–H and O–H groups in total. The first-order valence-corrected chi connectivity index (χ1v) is 9.21. The van der Waals surface area contributed by atoms with Crippen LogP contribution in [0.4, 0.5) is 0 Å². The Bertz CT molecular complexity index is 351. The van der Waals surface area contributed by atoms with Crippen LogP contribution in [0.1, 0.15) is 80.1 Å². The minimum atomic E-state index is -0.00785. The van der Waals surface area contributed by atoms with Gasteiger partial charge in [0.25, 0.3) is 0 Å². The fraction of sp³-hybridized carbons (Fsp3) is 1.00. The Morgan fingerprint density at radius 2 is 1.62 bits per heavy atom. The van der Waals surface area contributed by atoms with Crippen molar-refractivity contribution in [2.75, 3.05) is 13.2 Å². The van der Waals surface area contributed by atoms with Gasteiger partial charge in [-0.1, -0.05) is 41.5 Å². The minimum Gasteiger partial charge on any atom is -0.378 e. The van der Waals surface area contributed by atoms with Gasteiger partial charge in [0.2, 0.25) is 0 Å². The number of hydrogen-bond acceptors (Lipinski definition) is 2. The fourth-order valence-electron chi connectivity index (χ4n) is 5.75. The average molecular weight is 296 g/mol. The third-order valence-electron chi connectivity index (χ3n) is 6.80. The smallest absolute Gasteiger partial charge is 0.0813 e. The summed E-state index contributed by atoms with van der Waals surface area (Å²) >= 11 is 0. The minimum absolute atomic E-state index is 0.00785. The molecule has 0 heterocycles. The maximum atomic E-state index is 6.66. The van der Waals surface area contributed by atoms with E-state index < -0.39 is 0 Å². The number of ether oxygens (including phenoxy) is 2. The molecule has 4 unspecified atom stereocenters. The van der Waals surface area contributed by atoms with Crippen molar-refractivity contribution >= 4 is 0 Å². The van der Waals surface area contributed by atoms with Crippen LogP contribution in [0.5, 0.6) is 0 Å². The summed E-state index contributed by atoms with van der Waals surface area (Å²) in [6.07, 6.45) is 7.43. The molecule has 21 heavy (non-hydrogen) atoms. The van der Waals surface area contributed by atoms with Gasteiger partial charge in [-0.3, -0.25) is 0 Å². The van der Waals surface area contributed by atoms with E-state index in [-0.39, 0.29) is 16.4 Å². The molecular weight excluding hydrogens is 260 g/mol. The van der Waals surface area contributed by atoms with E-state index in [4.69, 9.17) is 9.47 Å². The van der Waals surface area contributed by atoms with E-state index in [1.807, 2.05) is 0 Å². The molecule has 2 saturated carbocycles. The van der Waals surface area contributed by atoms with E-state index in [1.165, 1.54) is 19.3 Å². The highest BCUT2D eigenvalue weighted by molar-refractivity contribution is 5.23. The van der Waals surface area contributed by atoms with Crippen molar-refractivity contribution in [3.8, 4) is 0 Å². The lowest BCUT2D eigenvalue weighted by Gasteiger charge is -2.57. The molecule has 0 aromatic heterocycles. The van der Waals surface area contributed by atoms with Crippen molar-refractivity contribution < 1.29 is 9.47 Å². The first-order chi connectivity index (χ1) is 9.95. The van der Waals surface area contributed by atoms with Gasteiger partial charge >= 0.3 is 0 Å². The molecule has 2 bridgehead atoms. The summed E-state index contributed by atoms with van der Waals surface area (Å²) in [5.41, 5.74) is 0.478. The predicted molar refractivity (Wildman–Crippen MR) is 88.5 cm³/mol. The molecule has 0 radical (unpaired) electrons. The van der Waals surface area contributed by atoms with E-state index >= 15 is 0 Å². The zero-order valence-electron chi connectivity index (χ0n) is 15.1. The van der Waals surface area contributed by atoms with Crippen LogP contribution in [0.2, 0.25) is 0 Å². The van der Waals surface area contributed by atoms with Crippen LogP contribution in [-0.2, 0) is 9.47 Å². The molecule has 0 aromatic carbocycles. The highest BCUT2D eigenvalue weighted by atomic mass is 16.5. The van der Waals surface area contributed by atoms with Crippen LogP contribution in [0.25, 0.3) is 0 Å². The third-order valence-corrected chi connectivity index (χ3v) is 6.80. The Morgan fingerprint density at radius 1 is 0.952 bits per heavy atom. The van der Waals surface area contributed by atoms with Gasteiger partial charge in [-0.2, -0.15) is 0 Å². The van der Waals surface area contributed by atoms with Gasteiger partial charge in [0, 0.05) is 18.6 Å². The van der Waals surface area contributed by atoms with Crippen LogP contribution in [0.15, 0.2) is 0 Å². The molecule has 124 valence electrons. The molecule has 2 heteroatoms. The zero-order chi connectivity index (χ0) is 15.7. The van der Waals surface area contributed by atoms with Gasteiger partial charge in [-0.05, 0) is 49.9 Å². The first-order valence-electron chi connectivity index (χ1n) is 9.21. The molecule has 0 aliphatic heterocycles. The van der Waals surface area contributed by atoms with Crippen molar-refractivity contribution in [2.24, 2.45) is 16.7 Å². The molecule has 2 nitrogen and oxygen atoms in total. The maximum absolute atomic E-state index is 6.66. The van der Waals surface area contributed by atoms with Gasteiger partial charge in [0.15, 0.2) is 0 Å². The van der Waals surface area contributed by atoms with Gasteiger partial charge in [0.05, 0.1) is 11.7 Å². The van der Waals surface area contributed by atoms with Crippen molar-refractivity contribution in [1.82, 2.24) is 0 Å². The van der Waals surface area contributed by atoms with Gasteiger partial charge in [-0.25, -0.2) is 0 Å². The summed E-state index contributed by atoms with van der Waals surface area (Å²) in [6, 6.07) is 0. The SMILES string of the molecule is CCCOC1CC2CC1(CC)C(CC)(OCCC)C2(C)C. The molecule has 0 aromatic rings. The molecule has 2 fully saturated rings. The normalized spacial score (nSPS) is 40.9. The third kappa shape index (κ3) is 2.20.